The summed E-state index contributed by atoms with van der Waals surface area (Å²) in [6, 6.07) is 4.92. The van der Waals surface area contributed by atoms with Gasteiger partial charge in [-0.15, -0.1) is 0 Å². The summed E-state index contributed by atoms with van der Waals surface area (Å²) in [5.41, 5.74) is 1.01. The second-order valence-corrected chi connectivity index (χ2v) is 3.80. The van der Waals surface area contributed by atoms with E-state index in [2.05, 4.69) is 0 Å². The van der Waals surface area contributed by atoms with E-state index in [1.165, 1.54) is 4.57 Å². The summed E-state index contributed by atoms with van der Waals surface area (Å²) in [5.74, 6) is 0. The summed E-state index contributed by atoms with van der Waals surface area (Å²) in [7, 11) is 0. The van der Waals surface area contributed by atoms with E-state index in [4.69, 9.17) is 33.0 Å². The first-order valence-corrected chi connectivity index (χ1v) is 5.40. The highest BCUT2D eigenvalue weighted by molar-refractivity contribution is 7.71. The molecule has 0 unspecified atom stereocenters. The maximum absolute atomic E-state index is 11.6. The van der Waals surface area contributed by atoms with Gasteiger partial charge in [-0.05, 0) is 37.3 Å². The fourth-order valence-electron chi connectivity index (χ4n) is 1.35. The molecule has 0 radical (unpaired) electrons. The molecule has 6 heteroatoms. The Morgan fingerprint density at radius 3 is 3.06 bits per heavy atom. The van der Waals surface area contributed by atoms with Gasteiger partial charge >= 0.3 is 6.09 Å². The Kier molecular flexibility index (Phi) is 2.98. The van der Waals surface area contributed by atoms with Crippen molar-refractivity contribution in [3.63, 3.8) is 0 Å². The summed E-state index contributed by atoms with van der Waals surface area (Å²) in [6.07, 6.45) is -0.562. The molecule has 84 valence electrons. The average molecular weight is 258 g/mol. The molecule has 0 N–H and O–H groups in total. The highest BCUT2D eigenvalue weighted by atomic mass is 35.5. The van der Waals surface area contributed by atoms with Crippen molar-refractivity contribution in [1.29, 1.82) is 0 Å². The van der Waals surface area contributed by atoms with Gasteiger partial charge in [0.2, 0.25) is 0 Å². The zero-order valence-corrected chi connectivity index (χ0v) is 9.97. The third-order valence-electron chi connectivity index (χ3n) is 1.99. The van der Waals surface area contributed by atoms with E-state index in [-0.39, 0.29) is 11.4 Å². The summed E-state index contributed by atoms with van der Waals surface area (Å²) in [5, 5.41) is 0.501. The Bertz CT molecular complexity index is 602. The van der Waals surface area contributed by atoms with Gasteiger partial charge in [0, 0.05) is 5.02 Å². The summed E-state index contributed by atoms with van der Waals surface area (Å²) < 4.78 is 11.3. The van der Waals surface area contributed by atoms with Crippen LogP contribution >= 0.6 is 23.8 Å². The number of hydrogen-bond donors (Lipinski definition) is 0. The Morgan fingerprint density at radius 2 is 2.38 bits per heavy atom. The number of ether oxygens (including phenoxy) is 1. The number of benzene rings is 1. The lowest BCUT2D eigenvalue weighted by Crippen LogP contribution is -2.13. The molecule has 0 saturated heterocycles. The molecule has 0 atom stereocenters. The maximum atomic E-state index is 11.6. The van der Waals surface area contributed by atoms with Crippen LogP contribution in [0.2, 0.25) is 5.02 Å². The molecule has 0 aliphatic heterocycles. The third-order valence-corrected chi connectivity index (χ3v) is 2.49. The molecule has 0 aliphatic rings. The lowest BCUT2D eigenvalue weighted by atomic mass is 10.3. The smallest absolute Gasteiger partial charge is 0.422 e. The molecular weight excluding hydrogens is 250 g/mol. The first-order chi connectivity index (χ1) is 7.63. The van der Waals surface area contributed by atoms with E-state index in [1.54, 1.807) is 25.1 Å². The average Bonchev–Trinajstić information content (AvgIpc) is 2.53. The number of carbonyl (C=O) groups excluding carboxylic acids is 1. The van der Waals surface area contributed by atoms with E-state index in [9.17, 15) is 4.79 Å². The minimum Gasteiger partial charge on any atom is -0.449 e. The second-order valence-electron chi connectivity index (χ2n) is 3.01. The molecule has 16 heavy (non-hydrogen) atoms. The monoisotopic (exact) mass is 257 g/mol. The van der Waals surface area contributed by atoms with E-state index in [1.807, 2.05) is 0 Å². The van der Waals surface area contributed by atoms with Gasteiger partial charge in [-0.2, -0.15) is 0 Å². The van der Waals surface area contributed by atoms with Crippen LogP contribution in [0.15, 0.2) is 22.6 Å². The summed E-state index contributed by atoms with van der Waals surface area (Å²) >= 11 is 10.8. The van der Waals surface area contributed by atoms with Gasteiger partial charge in [0.05, 0.1) is 6.61 Å². The largest absolute Gasteiger partial charge is 0.449 e. The van der Waals surface area contributed by atoms with Crippen LogP contribution in [0.1, 0.15) is 6.92 Å². The molecule has 1 aromatic carbocycles. The SMILES string of the molecule is CCOC(=O)n1c(=S)oc2ccc(Cl)cc21. The van der Waals surface area contributed by atoms with Gasteiger partial charge < -0.3 is 9.15 Å². The lowest BCUT2D eigenvalue weighted by Gasteiger charge is -2.01. The number of rotatable bonds is 1. The Morgan fingerprint density at radius 1 is 1.62 bits per heavy atom. The van der Waals surface area contributed by atoms with Crippen molar-refractivity contribution in [3.05, 3.63) is 28.1 Å². The van der Waals surface area contributed by atoms with E-state index in [0.29, 0.717) is 16.1 Å². The van der Waals surface area contributed by atoms with Crippen molar-refractivity contribution in [2.45, 2.75) is 6.92 Å². The number of oxazole rings is 1. The summed E-state index contributed by atoms with van der Waals surface area (Å²) in [4.78, 5) is 11.7. The molecule has 0 aliphatic carbocycles. The number of nitrogens with zero attached hydrogens (tertiary/aromatic N) is 1. The van der Waals surface area contributed by atoms with Crippen molar-refractivity contribution >= 4 is 41.0 Å². The van der Waals surface area contributed by atoms with Crippen molar-refractivity contribution in [2.75, 3.05) is 6.61 Å². The van der Waals surface area contributed by atoms with E-state index >= 15 is 0 Å². The van der Waals surface area contributed by atoms with Gasteiger partial charge in [0.15, 0.2) is 5.58 Å². The summed E-state index contributed by atoms with van der Waals surface area (Å²) in [6.45, 7) is 1.99. The van der Waals surface area contributed by atoms with Crippen LogP contribution < -0.4 is 0 Å². The molecule has 0 bridgehead atoms. The molecule has 1 aromatic heterocycles. The van der Waals surface area contributed by atoms with Crippen molar-refractivity contribution < 1.29 is 13.9 Å². The van der Waals surface area contributed by atoms with E-state index in [0.717, 1.165) is 0 Å². The first-order valence-electron chi connectivity index (χ1n) is 4.61. The standard InChI is InChI=1S/C10H8ClNO3S/c1-2-14-9(13)12-7-5-6(11)3-4-8(7)15-10(12)16/h3-5H,2H2,1H3. The fraction of sp³-hybridized carbons (Fsp3) is 0.200. The number of halogens is 1. The van der Waals surface area contributed by atoms with Gasteiger partial charge in [0.25, 0.3) is 4.84 Å². The Hall–Kier alpha value is -1.33. The minimum atomic E-state index is -0.562. The maximum Gasteiger partial charge on any atom is 0.422 e. The highest BCUT2D eigenvalue weighted by Gasteiger charge is 2.14. The van der Waals surface area contributed by atoms with Gasteiger partial charge in [0.1, 0.15) is 5.52 Å². The first kappa shape index (κ1) is 11.2. The van der Waals surface area contributed by atoms with Gasteiger partial charge in [-0.1, -0.05) is 11.6 Å². The zero-order chi connectivity index (χ0) is 11.7. The van der Waals surface area contributed by atoms with Gasteiger partial charge in [-0.25, -0.2) is 9.36 Å². The third kappa shape index (κ3) is 1.83. The van der Waals surface area contributed by atoms with Crippen LogP contribution in [-0.2, 0) is 4.74 Å². The minimum absolute atomic E-state index is 0.0516. The Labute approximate surface area is 101 Å². The van der Waals surface area contributed by atoms with Crippen LogP contribution in [0.5, 0.6) is 0 Å². The molecule has 4 nitrogen and oxygen atoms in total. The molecule has 0 amide bonds. The fourth-order valence-corrected chi connectivity index (χ4v) is 1.78. The lowest BCUT2D eigenvalue weighted by molar-refractivity contribution is 0.153. The number of carbonyl (C=O) groups is 1. The molecule has 2 rings (SSSR count). The van der Waals surface area contributed by atoms with Crippen molar-refractivity contribution in [3.8, 4) is 0 Å². The van der Waals surface area contributed by atoms with Gasteiger partial charge in [-0.3, -0.25) is 0 Å². The molecule has 0 spiro atoms. The highest BCUT2D eigenvalue weighted by Crippen LogP contribution is 2.21. The number of hydrogen-bond acceptors (Lipinski definition) is 4. The predicted octanol–water partition coefficient (Wildman–Crippen LogP) is 3.62. The van der Waals surface area contributed by atoms with Crippen LogP contribution in [0.4, 0.5) is 4.79 Å². The van der Waals surface area contributed by atoms with Crippen LogP contribution in [0.25, 0.3) is 11.1 Å². The normalized spacial score (nSPS) is 10.6. The quantitative estimate of drug-likeness (QED) is 0.732. The zero-order valence-electron chi connectivity index (χ0n) is 8.40. The molecule has 0 saturated carbocycles. The number of aromatic nitrogens is 1. The van der Waals surface area contributed by atoms with Crippen molar-refractivity contribution in [1.82, 2.24) is 4.57 Å². The molecule has 2 aromatic rings. The van der Waals surface area contributed by atoms with Crippen LogP contribution in [-0.4, -0.2) is 17.3 Å². The predicted molar refractivity (Wildman–Crippen MR) is 62.5 cm³/mol. The topological polar surface area (TPSA) is 44.4 Å². The van der Waals surface area contributed by atoms with Crippen LogP contribution in [0, 0.1) is 4.84 Å². The Balaban J connectivity index is 2.67. The van der Waals surface area contributed by atoms with E-state index < -0.39 is 6.09 Å². The molecule has 1 heterocycles. The second kappa shape index (κ2) is 4.27. The van der Waals surface area contributed by atoms with Crippen molar-refractivity contribution in [2.24, 2.45) is 0 Å². The molecule has 0 fully saturated rings. The number of fused-ring (bicyclic) bond motifs is 1. The van der Waals surface area contributed by atoms with Crippen LogP contribution in [0.3, 0.4) is 0 Å². The molecular formula is C10H8ClNO3S.